The number of carbonyl (C=O) groups is 3. The fourth-order valence-corrected chi connectivity index (χ4v) is 3.90. The Labute approximate surface area is 193 Å². The van der Waals surface area contributed by atoms with Crippen LogP contribution in [0.15, 0.2) is 66.7 Å². The van der Waals surface area contributed by atoms with Crippen molar-refractivity contribution in [3.05, 3.63) is 83.4 Å². The van der Waals surface area contributed by atoms with Crippen LogP contribution >= 0.6 is 0 Å². The average Bonchev–Trinajstić information content (AvgIpc) is 2.88. The summed E-state index contributed by atoms with van der Waals surface area (Å²) in [6, 6.07) is 20.4. The van der Waals surface area contributed by atoms with E-state index in [0.29, 0.717) is 24.2 Å². The minimum Gasteiger partial charge on any atom is -0.465 e. The van der Waals surface area contributed by atoms with E-state index in [1.807, 2.05) is 74.5 Å². The maximum atomic E-state index is 13.9. The van der Waals surface area contributed by atoms with Crippen molar-refractivity contribution in [3.63, 3.8) is 0 Å². The number of methoxy groups -OCH3 is 2. The molecule has 0 saturated carbocycles. The second-order valence-corrected chi connectivity index (χ2v) is 7.29. The molecule has 0 fully saturated rings. The standard InChI is InChI=1S/C27H27NO5/c1-5-28(6-2)25(29)24-22(19-15-11-8-12-16-19)20(18-13-9-7-10-14-18)17-21(26(30)32-3)23(24)27(31)33-4/h7-17H,5-6H2,1-4H3. The van der Waals surface area contributed by atoms with Gasteiger partial charge in [-0.3, -0.25) is 4.79 Å². The number of carbonyl (C=O) groups excluding carboxylic acids is 3. The van der Waals surface area contributed by atoms with Crippen LogP contribution in [0.4, 0.5) is 0 Å². The van der Waals surface area contributed by atoms with E-state index in [2.05, 4.69) is 0 Å². The maximum Gasteiger partial charge on any atom is 0.339 e. The van der Waals surface area contributed by atoms with E-state index < -0.39 is 11.9 Å². The highest BCUT2D eigenvalue weighted by molar-refractivity contribution is 6.17. The summed E-state index contributed by atoms with van der Waals surface area (Å²) in [5, 5.41) is 0. The number of amides is 1. The average molecular weight is 446 g/mol. The van der Waals surface area contributed by atoms with Gasteiger partial charge in [-0.2, -0.15) is 0 Å². The topological polar surface area (TPSA) is 72.9 Å². The zero-order chi connectivity index (χ0) is 24.0. The zero-order valence-corrected chi connectivity index (χ0v) is 19.3. The summed E-state index contributed by atoms with van der Waals surface area (Å²) < 4.78 is 10.0. The molecule has 0 saturated heterocycles. The van der Waals surface area contributed by atoms with Crippen molar-refractivity contribution in [1.29, 1.82) is 0 Å². The van der Waals surface area contributed by atoms with Crippen LogP contribution in [0.2, 0.25) is 0 Å². The lowest BCUT2D eigenvalue weighted by Gasteiger charge is -2.25. The maximum absolute atomic E-state index is 13.9. The molecule has 0 atom stereocenters. The van der Waals surface area contributed by atoms with Crippen LogP contribution in [0.1, 0.15) is 44.9 Å². The lowest BCUT2D eigenvalue weighted by Crippen LogP contribution is -2.33. The fourth-order valence-electron chi connectivity index (χ4n) is 3.90. The third-order valence-electron chi connectivity index (χ3n) is 5.53. The molecular weight excluding hydrogens is 418 g/mol. The number of esters is 2. The van der Waals surface area contributed by atoms with Gasteiger partial charge in [-0.15, -0.1) is 0 Å². The van der Waals surface area contributed by atoms with Crippen LogP contribution in [-0.4, -0.2) is 50.1 Å². The second-order valence-electron chi connectivity index (χ2n) is 7.29. The van der Waals surface area contributed by atoms with E-state index in [9.17, 15) is 14.4 Å². The Morgan fingerprint density at radius 3 is 1.73 bits per heavy atom. The molecule has 33 heavy (non-hydrogen) atoms. The van der Waals surface area contributed by atoms with Gasteiger partial charge in [0.15, 0.2) is 0 Å². The molecule has 0 aliphatic carbocycles. The summed E-state index contributed by atoms with van der Waals surface area (Å²) in [6.07, 6.45) is 0. The minimum atomic E-state index is -0.775. The first kappa shape index (κ1) is 23.7. The van der Waals surface area contributed by atoms with Crippen LogP contribution in [0.5, 0.6) is 0 Å². The van der Waals surface area contributed by atoms with Gasteiger partial charge in [0.25, 0.3) is 5.91 Å². The molecule has 0 spiro atoms. The summed E-state index contributed by atoms with van der Waals surface area (Å²) >= 11 is 0. The Kier molecular flexibility index (Phi) is 7.61. The van der Waals surface area contributed by atoms with Crippen molar-refractivity contribution in [3.8, 4) is 22.3 Å². The van der Waals surface area contributed by atoms with Crippen molar-refractivity contribution in [1.82, 2.24) is 4.90 Å². The summed E-state index contributed by atoms with van der Waals surface area (Å²) in [6.45, 7) is 4.61. The lowest BCUT2D eigenvalue weighted by atomic mass is 9.84. The van der Waals surface area contributed by atoms with Crippen LogP contribution < -0.4 is 0 Å². The van der Waals surface area contributed by atoms with E-state index in [-0.39, 0.29) is 22.6 Å². The van der Waals surface area contributed by atoms with Crippen LogP contribution in [0.25, 0.3) is 22.3 Å². The minimum absolute atomic E-state index is 0.0154. The molecule has 0 bridgehead atoms. The number of rotatable bonds is 7. The molecule has 0 heterocycles. The molecule has 3 aromatic rings. The normalized spacial score (nSPS) is 10.4. The Balaban J connectivity index is 2.57. The van der Waals surface area contributed by atoms with Gasteiger partial charge in [-0.1, -0.05) is 60.7 Å². The molecule has 3 aromatic carbocycles. The number of hydrogen-bond donors (Lipinski definition) is 0. The van der Waals surface area contributed by atoms with E-state index in [0.717, 1.165) is 11.1 Å². The van der Waals surface area contributed by atoms with Crippen molar-refractivity contribution < 1.29 is 23.9 Å². The third kappa shape index (κ3) is 4.65. The summed E-state index contributed by atoms with van der Waals surface area (Å²) in [4.78, 5) is 41.3. The van der Waals surface area contributed by atoms with Crippen LogP contribution in [0.3, 0.4) is 0 Å². The van der Waals surface area contributed by atoms with E-state index in [1.165, 1.54) is 14.2 Å². The highest BCUT2D eigenvalue weighted by atomic mass is 16.5. The smallest absolute Gasteiger partial charge is 0.339 e. The fraction of sp³-hybridized carbons (Fsp3) is 0.222. The predicted octanol–water partition coefficient (Wildman–Crippen LogP) is 5.08. The molecule has 0 unspecified atom stereocenters. The van der Waals surface area contributed by atoms with Crippen LogP contribution in [-0.2, 0) is 9.47 Å². The summed E-state index contributed by atoms with van der Waals surface area (Å²) in [5.41, 5.74) is 2.76. The molecule has 0 aromatic heterocycles. The number of benzene rings is 3. The molecule has 6 nitrogen and oxygen atoms in total. The molecular formula is C27H27NO5. The van der Waals surface area contributed by atoms with Crippen molar-refractivity contribution in [2.75, 3.05) is 27.3 Å². The Hall–Kier alpha value is -3.93. The Morgan fingerprint density at radius 2 is 1.24 bits per heavy atom. The van der Waals surface area contributed by atoms with E-state index >= 15 is 0 Å². The van der Waals surface area contributed by atoms with Gasteiger partial charge in [0.05, 0.1) is 30.9 Å². The Morgan fingerprint density at radius 1 is 0.727 bits per heavy atom. The van der Waals surface area contributed by atoms with Crippen LogP contribution in [0, 0.1) is 0 Å². The van der Waals surface area contributed by atoms with Gasteiger partial charge in [0.1, 0.15) is 0 Å². The Bertz CT molecular complexity index is 1150. The first-order valence-corrected chi connectivity index (χ1v) is 10.8. The van der Waals surface area contributed by atoms with E-state index in [1.54, 1.807) is 11.0 Å². The van der Waals surface area contributed by atoms with Gasteiger partial charge in [-0.05, 0) is 36.6 Å². The molecule has 1 amide bonds. The van der Waals surface area contributed by atoms with Gasteiger partial charge >= 0.3 is 11.9 Å². The highest BCUT2D eigenvalue weighted by Crippen LogP contribution is 2.39. The van der Waals surface area contributed by atoms with Crippen molar-refractivity contribution >= 4 is 17.8 Å². The van der Waals surface area contributed by atoms with E-state index in [4.69, 9.17) is 9.47 Å². The first-order chi connectivity index (χ1) is 16.0. The summed E-state index contributed by atoms with van der Waals surface area (Å²) in [7, 11) is 2.46. The van der Waals surface area contributed by atoms with Gasteiger partial charge in [-0.25, -0.2) is 9.59 Å². The second kappa shape index (κ2) is 10.6. The molecule has 0 aliphatic rings. The number of nitrogens with zero attached hydrogens (tertiary/aromatic N) is 1. The van der Waals surface area contributed by atoms with Gasteiger partial charge in [0.2, 0.25) is 0 Å². The lowest BCUT2D eigenvalue weighted by molar-refractivity contribution is 0.0551. The highest BCUT2D eigenvalue weighted by Gasteiger charge is 2.33. The SMILES string of the molecule is CCN(CC)C(=O)c1c(C(=O)OC)c(C(=O)OC)cc(-c2ccccc2)c1-c1ccccc1. The largest absolute Gasteiger partial charge is 0.465 e. The summed E-state index contributed by atoms with van der Waals surface area (Å²) in [5.74, 6) is -1.86. The van der Waals surface area contributed by atoms with Crippen molar-refractivity contribution in [2.24, 2.45) is 0 Å². The number of ether oxygens (including phenoxy) is 2. The first-order valence-electron chi connectivity index (χ1n) is 10.8. The number of hydrogen-bond acceptors (Lipinski definition) is 5. The van der Waals surface area contributed by atoms with Gasteiger partial charge < -0.3 is 14.4 Å². The zero-order valence-electron chi connectivity index (χ0n) is 19.3. The monoisotopic (exact) mass is 445 g/mol. The third-order valence-corrected chi connectivity index (χ3v) is 5.53. The molecule has 0 radical (unpaired) electrons. The molecule has 170 valence electrons. The van der Waals surface area contributed by atoms with Gasteiger partial charge in [0, 0.05) is 18.7 Å². The molecule has 3 rings (SSSR count). The predicted molar refractivity (Wildman–Crippen MR) is 127 cm³/mol. The van der Waals surface area contributed by atoms with Crippen molar-refractivity contribution in [2.45, 2.75) is 13.8 Å². The molecule has 6 heteroatoms. The quantitative estimate of drug-likeness (QED) is 0.475. The molecule has 0 N–H and O–H groups in total. The molecule has 0 aliphatic heterocycles.